The van der Waals surface area contributed by atoms with Crippen molar-refractivity contribution in [3.05, 3.63) is 30.3 Å². The minimum atomic E-state index is 0.757. The molecule has 150 valence electrons. The first-order valence-electron chi connectivity index (χ1n) is 10.4. The topological polar surface area (TPSA) is 43.3 Å². The van der Waals surface area contributed by atoms with Crippen LogP contribution in [0.5, 0.6) is 0 Å². The zero-order valence-electron chi connectivity index (χ0n) is 16.9. The quantitative estimate of drug-likeness (QED) is 0.529. The number of nitrogens with zero attached hydrogens (tertiary/aromatic N) is 4. The highest BCUT2D eigenvalue weighted by Gasteiger charge is 2.28. The summed E-state index contributed by atoms with van der Waals surface area (Å²) in [6.45, 7) is 10.8. The number of nitrogens with one attached hydrogen (secondary N) is 1. The smallest absolute Gasteiger partial charge is 0.194 e. The highest BCUT2D eigenvalue weighted by Crippen LogP contribution is 2.26. The zero-order chi connectivity index (χ0) is 18.9. The summed E-state index contributed by atoms with van der Waals surface area (Å²) < 4.78 is 5.26. The molecule has 0 unspecified atom stereocenters. The SMILES string of the molecule is CCNC(=NCCN(CCOC)C1CC1)N1CCN(c2ccccc2)CC1. The summed E-state index contributed by atoms with van der Waals surface area (Å²) in [4.78, 5) is 12.3. The van der Waals surface area contributed by atoms with Gasteiger partial charge in [-0.25, -0.2) is 0 Å². The summed E-state index contributed by atoms with van der Waals surface area (Å²) in [6, 6.07) is 11.5. The Hall–Kier alpha value is -1.79. The third-order valence-corrected chi connectivity index (χ3v) is 5.33. The predicted molar refractivity (Wildman–Crippen MR) is 113 cm³/mol. The second kappa shape index (κ2) is 10.5. The van der Waals surface area contributed by atoms with Crippen LogP contribution < -0.4 is 10.2 Å². The summed E-state index contributed by atoms with van der Waals surface area (Å²) in [7, 11) is 1.78. The monoisotopic (exact) mass is 373 g/mol. The van der Waals surface area contributed by atoms with E-state index >= 15 is 0 Å². The molecule has 0 atom stereocenters. The molecule has 1 aromatic rings. The second-order valence-corrected chi connectivity index (χ2v) is 7.31. The van der Waals surface area contributed by atoms with E-state index in [1.807, 2.05) is 0 Å². The summed E-state index contributed by atoms with van der Waals surface area (Å²) in [5, 5.41) is 3.48. The first-order valence-corrected chi connectivity index (χ1v) is 10.4. The maximum atomic E-state index is 5.26. The van der Waals surface area contributed by atoms with E-state index in [0.717, 1.165) is 71.0 Å². The molecule has 6 nitrogen and oxygen atoms in total. The van der Waals surface area contributed by atoms with Crippen molar-refractivity contribution in [1.29, 1.82) is 0 Å². The number of anilines is 1. The maximum absolute atomic E-state index is 5.26. The number of hydrogen-bond acceptors (Lipinski definition) is 4. The fraction of sp³-hybridized carbons (Fsp3) is 0.667. The van der Waals surface area contributed by atoms with E-state index in [1.165, 1.54) is 18.5 Å². The Bertz CT molecular complexity index is 567. The van der Waals surface area contributed by atoms with E-state index in [-0.39, 0.29) is 0 Å². The average molecular weight is 374 g/mol. The minimum absolute atomic E-state index is 0.757. The molecule has 0 amide bonds. The fourth-order valence-corrected chi connectivity index (χ4v) is 3.65. The average Bonchev–Trinajstić information content (AvgIpc) is 3.56. The van der Waals surface area contributed by atoms with Crippen LogP contribution >= 0.6 is 0 Å². The number of aliphatic imine (C=N–C) groups is 1. The molecule has 1 saturated carbocycles. The Morgan fingerprint density at radius 2 is 1.89 bits per heavy atom. The van der Waals surface area contributed by atoms with Gasteiger partial charge >= 0.3 is 0 Å². The molecule has 2 aliphatic rings. The van der Waals surface area contributed by atoms with Crippen LogP contribution in [0.3, 0.4) is 0 Å². The first kappa shape index (κ1) is 20.0. The van der Waals surface area contributed by atoms with Crippen molar-refractivity contribution < 1.29 is 4.74 Å². The van der Waals surface area contributed by atoms with Gasteiger partial charge in [0.2, 0.25) is 0 Å². The van der Waals surface area contributed by atoms with Crippen molar-refractivity contribution in [3.63, 3.8) is 0 Å². The molecular weight excluding hydrogens is 338 g/mol. The molecule has 1 aromatic carbocycles. The molecule has 1 N–H and O–H groups in total. The van der Waals surface area contributed by atoms with Crippen molar-refractivity contribution in [2.45, 2.75) is 25.8 Å². The van der Waals surface area contributed by atoms with Gasteiger partial charge in [-0.2, -0.15) is 0 Å². The Labute approximate surface area is 164 Å². The number of ether oxygens (including phenoxy) is 1. The zero-order valence-corrected chi connectivity index (χ0v) is 16.9. The lowest BCUT2D eigenvalue weighted by Gasteiger charge is -2.37. The van der Waals surface area contributed by atoms with Crippen molar-refractivity contribution in [2.24, 2.45) is 4.99 Å². The normalized spacial score (nSPS) is 18.3. The maximum Gasteiger partial charge on any atom is 0.194 e. The summed E-state index contributed by atoms with van der Waals surface area (Å²) in [5.41, 5.74) is 1.32. The lowest BCUT2D eigenvalue weighted by atomic mass is 10.2. The van der Waals surface area contributed by atoms with Crippen molar-refractivity contribution in [1.82, 2.24) is 15.1 Å². The number of guanidine groups is 1. The molecule has 6 heteroatoms. The number of rotatable bonds is 9. The predicted octanol–water partition coefficient (Wildman–Crippen LogP) is 1.88. The highest BCUT2D eigenvalue weighted by molar-refractivity contribution is 5.80. The highest BCUT2D eigenvalue weighted by atomic mass is 16.5. The van der Waals surface area contributed by atoms with Crippen LogP contribution in [0.25, 0.3) is 0 Å². The van der Waals surface area contributed by atoms with Gasteiger partial charge in [0.15, 0.2) is 5.96 Å². The van der Waals surface area contributed by atoms with E-state index in [4.69, 9.17) is 9.73 Å². The van der Waals surface area contributed by atoms with E-state index in [0.29, 0.717) is 0 Å². The third kappa shape index (κ3) is 6.11. The van der Waals surface area contributed by atoms with Crippen LogP contribution in [0.1, 0.15) is 19.8 Å². The molecule has 27 heavy (non-hydrogen) atoms. The summed E-state index contributed by atoms with van der Waals surface area (Å²) in [6.07, 6.45) is 2.66. The van der Waals surface area contributed by atoms with Crippen LogP contribution in [-0.2, 0) is 4.74 Å². The van der Waals surface area contributed by atoms with E-state index in [2.05, 4.69) is 57.3 Å². The lowest BCUT2D eigenvalue weighted by Crippen LogP contribution is -2.52. The molecule has 0 spiro atoms. The molecule has 1 aliphatic heterocycles. The van der Waals surface area contributed by atoms with Crippen LogP contribution in [-0.4, -0.2) is 87.9 Å². The molecular formula is C21H35N5O. The van der Waals surface area contributed by atoms with Gasteiger partial charge < -0.3 is 19.9 Å². The second-order valence-electron chi connectivity index (χ2n) is 7.31. The number of piperazine rings is 1. The van der Waals surface area contributed by atoms with Crippen molar-refractivity contribution in [3.8, 4) is 0 Å². The third-order valence-electron chi connectivity index (χ3n) is 5.33. The molecule has 1 saturated heterocycles. The van der Waals surface area contributed by atoms with E-state index < -0.39 is 0 Å². The number of benzene rings is 1. The molecule has 3 rings (SSSR count). The van der Waals surface area contributed by atoms with Gasteiger partial charge in [0.25, 0.3) is 0 Å². The largest absolute Gasteiger partial charge is 0.383 e. The Morgan fingerprint density at radius 1 is 1.15 bits per heavy atom. The van der Waals surface area contributed by atoms with Crippen LogP contribution in [0.4, 0.5) is 5.69 Å². The van der Waals surface area contributed by atoms with Crippen LogP contribution in [0.15, 0.2) is 35.3 Å². The standard InChI is InChI=1S/C21H35N5O/c1-3-22-21(23-11-12-24(17-18-27-2)20-9-10-20)26-15-13-25(14-16-26)19-7-5-4-6-8-19/h4-8,20H,3,9-18H2,1-2H3,(H,22,23). The van der Waals surface area contributed by atoms with Crippen LogP contribution in [0, 0.1) is 0 Å². The molecule has 1 heterocycles. The van der Waals surface area contributed by atoms with Gasteiger partial charge in [0.05, 0.1) is 13.2 Å². The minimum Gasteiger partial charge on any atom is -0.383 e. The van der Waals surface area contributed by atoms with Crippen molar-refractivity contribution in [2.75, 3.05) is 71.0 Å². The fourth-order valence-electron chi connectivity index (χ4n) is 3.65. The van der Waals surface area contributed by atoms with Crippen LogP contribution in [0.2, 0.25) is 0 Å². The van der Waals surface area contributed by atoms with E-state index in [1.54, 1.807) is 7.11 Å². The lowest BCUT2D eigenvalue weighted by molar-refractivity contribution is 0.145. The molecule has 0 bridgehead atoms. The van der Waals surface area contributed by atoms with Gasteiger partial charge in [-0.3, -0.25) is 9.89 Å². The van der Waals surface area contributed by atoms with Gasteiger partial charge in [-0.15, -0.1) is 0 Å². The van der Waals surface area contributed by atoms with Gasteiger partial charge in [0, 0.05) is 64.7 Å². The van der Waals surface area contributed by atoms with E-state index in [9.17, 15) is 0 Å². The summed E-state index contributed by atoms with van der Waals surface area (Å²) >= 11 is 0. The van der Waals surface area contributed by atoms with Gasteiger partial charge in [0.1, 0.15) is 0 Å². The Morgan fingerprint density at radius 3 is 2.52 bits per heavy atom. The summed E-state index contributed by atoms with van der Waals surface area (Å²) in [5.74, 6) is 1.06. The molecule has 0 radical (unpaired) electrons. The Kier molecular flexibility index (Phi) is 7.78. The molecule has 2 fully saturated rings. The number of methoxy groups -OCH3 is 1. The first-order chi connectivity index (χ1) is 13.3. The molecule has 0 aromatic heterocycles. The van der Waals surface area contributed by atoms with Gasteiger partial charge in [-0.05, 0) is 31.9 Å². The Balaban J connectivity index is 1.50. The molecule has 1 aliphatic carbocycles. The van der Waals surface area contributed by atoms with Gasteiger partial charge in [-0.1, -0.05) is 18.2 Å². The van der Waals surface area contributed by atoms with Crippen molar-refractivity contribution >= 4 is 11.6 Å². The number of para-hydroxylation sites is 1. The number of hydrogen-bond donors (Lipinski definition) is 1.